The van der Waals surface area contributed by atoms with Crippen LogP contribution in [0.3, 0.4) is 0 Å². The molecule has 2 amide bonds. The second kappa shape index (κ2) is 10.4. The molecule has 0 fully saturated rings. The third-order valence-corrected chi connectivity index (χ3v) is 6.26. The Balaban J connectivity index is 1.41. The van der Waals surface area contributed by atoms with E-state index in [1.165, 1.54) is 12.1 Å². The maximum atomic E-state index is 12.9. The molecular formula is C28H28N2O5. The van der Waals surface area contributed by atoms with E-state index in [-0.39, 0.29) is 24.0 Å². The predicted octanol–water partition coefficient (Wildman–Crippen LogP) is 5.34. The van der Waals surface area contributed by atoms with Crippen molar-refractivity contribution >= 4 is 23.7 Å². The molecule has 1 aliphatic carbocycles. The topological polar surface area (TPSA) is 105 Å². The number of anilines is 1. The molecule has 0 saturated carbocycles. The molecule has 0 radical (unpaired) electrons. The van der Waals surface area contributed by atoms with Crippen molar-refractivity contribution in [2.45, 2.75) is 38.6 Å². The lowest BCUT2D eigenvalue weighted by Crippen LogP contribution is -2.44. The standard InChI is InChI=1S/C28H28N2O5/c1-3-8-25(26(31)29-24-14-13-18(27(32)33)15-17(24)2)30-28(34)35-16-23-21-11-6-4-9-19(21)20-10-5-7-12-22(20)23/h4-7,9-15,23,25H,3,8,16H2,1-2H3,(H,29,31)(H,30,34)(H,32,33). The summed E-state index contributed by atoms with van der Waals surface area (Å²) in [5, 5.41) is 14.6. The molecule has 3 aromatic rings. The van der Waals surface area contributed by atoms with Gasteiger partial charge in [-0.15, -0.1) is 0 Å². The number of aryl methyl sites for hydroxylation is 1. The molecule has 4 rings (SSSR count). The monoisotopic (exact) mass is 472 g/mol. The molecule has 0 heterocycles. The Morgan fingerprint density at radius 2 is 1.60 bits per heavy atom. The summed E-state index contributed by atoms with van der Waals surface area (Å²) < 4.78 is 5.59. The van der Waals surface area contributed by atoms with Gasteiger partial charge in [0.1, 0.15) is 12.6 Å². The number of hydrogen-bond donors (Lipinski definition) is 3. The highest BCUT2D eigenvalue weighted by Gasteiger charge is 2.29. The first-order valence-electron chi connectivity index (χ1n) is 11.6. The highest BCUT2D eigenvalue weighted by Crippen LogP contribution is 2.44. The van der Waals surface area contributed by atoms with Crippen LogP contribution in [0.5, 0.6) is 0 Å². The maximum absolute atomic E-state index is 12.9. The number of aromatic carboxylic acids is 1. The Labute approximate surface area is 204 Å². The summed E-state index contributed by atoms with van der Waals surface area (Å²) in [5.41, 5.74) is 5.77. The van der Waals surface area contributed by atoms with E-state index in [1.807, 2.05) is 43.3 Å². The normalized spacial score (nSPS) is 12.9. The number of fused-ring (bicyclic) bond motifs is 3. The van der Waals surface area contributed by atoms with Crippen molar-refractivity contribution in [1.29, 1.82) is 0 Å². The van der Waals surface area contributed by atoms with Gasteiger partial charge in [-0.25, -0.2) is 9.59 Å². The van der Waals surface area contributed by atoms with Crippen molar-refractivity contribution < 1.29 is 24.2 Å². The van der Waals surface area contributed by atoms with Gasteiger partial charge in [0, 0.05) is 11.6 Å². The zero-order valence-electron chi connectivity index (χ0n) is 19.7. The number of carboxylic acids is 1. The smallest absolute Gasteiger partial charge is 0.407 e. The van der Waals surface area contributed by atoms with Gasteiger partial charge in [0.15, 0.2) is 0 Å². The molecule has 0 aliphatic heterocycles. The van der Waals surface area contributed by atoms with Crippen LogP contribution in [0.2, 0.25) is 0 Å². The summed E-state index contributed by atoms with van der Waals surface area (Å²) in [6, 6.07) is 19.9. The zero-order valence-corrected chi connectivity index (χ0v) is 19.7. The molecule has 0 saturated heterocycles. The molecular weight excluding hydrogens is 444 g/mol. The minimum Gasteiger partial charge on any atom is -0.478 e. The SMILES string of the molecule is CCCC(NC(=O)OCC1c2ccccc2-c2ccccc21)C(=O)Nc1ccc(C(=O)O)cc1C. The molecule has 0 aromatic heterocycles. The fourth-order valence-corrected chi connectivity index (χ4v) is 4.50. The quantitative estimate of drug-likeness (QED) is 0.411. The summed E-state index contributed by atoms with van der Waals surface area (Å²) in [6.45, 7) is 3.80. The Kier molecular flexibility index (Phi) is 7.15. The third kappa shape index (κ3) is 5.19. The molecule has 3 aromatic carbocycles. The highest BCUT2D eigenvalue weighted by atomic mass is 16.5. The van der Waals surface area contributed by atoms with Gasteiger partial charge in [0.25, 0.3) is 0 Å². The van der Waals surface area contributed by atoms with Crippen LogP contribution in [0.25, 0.3) is 11.1 Å². The van der Waals surface area contributed by atoms with E-state index in [0.29, 0.717) is 24.1 Å². The fourth-order valence-electron chi connectivity index (χ4n) is 4.50. The van der Waals surface area contributed by atoms with E-state index < -0.39 is 18.1 Å². The molecule has 1 atom stereocenters. The van der Waals surface area contributed by atoms with Gasteiger partial charge >= 0.3 is 12.1 Å². The maximum Gasteiger partial charge on any atom is 0.407 e. The van der Waals surface area contributed by atoms with E-state index in [4.69, 9.17) is 9.84 Å². The van der Waals surface area contributed by atoms with E-state index in [1.54, 1.807) is 13.0 Å². The average molecular weight is 473 g/mol. The van der Waals surface area contributed by atoms with Gasteiger partial charge in [0.2, 0.25) is 5.91 Å². The van der Waals surface area contributed by atoms with Crippen LogP contribution < -0.4 is 10.6 Å². The van der Waals surface area contributed by atoms with Crippen molar-refractivity contribution in [3.63, 3.8) is 0 Å². The summed E-state index contributed by atoms with van der Waals surface area (Å²) in [4.78, 5) is 36.7. The Morgan fingerprint density at radius 1 is 0.971 bits per heavy atom. The molecule has 3 N–H and O–H groups in total. The molecule has 7 heteroatoms. The number of carbonyl (C=O) groups excluding carboxylic acids is 2. The zero-order chi connectivity index (χ0) is 24.9. The lowest BCUT2D eigenvalue weighted by Gasteiger charge is -2.20. The van der Waals surface area contributed by atoms with Crippen molar-refractivity contribution in [1.82, 2.24) is 5.32 Å². The lowest BCUT2D eigenvalue weighted by molar-refractivity contribution is -0.118. The Hall–Kier alpha value is -4.13. The van der Waals surface area contributed by atoms with Gasteiger partial charge in [-0.2, -0.15) is 0 Å². The van der Waals surface area contributed by atoms with Crippen LogP contribution in [0.15, 0.2) is 66.7 Å². The summed E-state index contributed by atoms with van der Waals surface area (Å²) in [5.74, 6) is -1.49. The van der Waals surface area contributed by atoms with Crippen molar-refractivity contribution in [2.75, 3.05) is 11.9 Å². The number of hydrogen-bond acceptors (Lipinski definition) is 4. The number of benzene rings is 3. The van der Waals surface area contributed by atoms with E-state index in [0.717, 1.165) is 22.3 Å². The molecule has 180 valence electrons. The second-order valence-corrected chi connectivity index (χ2v) is 8.64. The minimum atomic E-state index is -1.04. The number of alkyl carbamates (subject to hydrolysis) is 1. The number of rotatable bonds is 8. The van der Waals surface area contributed by atoms with Crippen LogP contribution >= 0.6 is 0 Å². The number of carboxylic acid groups (broad SMARTS) is 1. The molecule has 0 spiro atoms. The number of ether oxygens (including phenoxy) is 1. The number of amides is 2. The van der Waals surface area contributed by atoms with Gasteiger partial charge in [-0.05, 0) is 59.4 Å². The van der Waals surface area contributed by atoms with Crippen LogP contribution in [-0.4, -0.2) is 35.7 Å². The first kappa shape index (κ1) is 24.0. The van der Waals surface area contributed by atoms with Gasteiger partial charge in [-0.3, -0.25) is 4.79 Å². The first-order chi connectivity index (χ1) is 16.9. The van der Waals surface area contributed by atoms with E-state index in [9.17, 15) is 14.4 Å². The Morgan fingerprint density at radius 3 is 2.17 bits per heavy atom. The third-order valence-electron chi connectivity index (χ3n) is 6.26. The molecule has 1 aliphatic rings. The Bertz CT molecular complexity index is 1220. The van der Waals surface area contributed by atoms with Gasteiger partial charge < -0.3 is 20.5 Å². The van der Waals surface area contributed by atoms with Crippen molar-refractivity contribution in [3.8, 4) is 11.1 Å². The molecule has 7 nitrogen and oxygen atoms in total. The fraction of sp³-hybridized carbons (Fsp3) is 0.250. The number of carbonyl (C=O) groups is 3. The van der Waals surface area contributed by atoms with Gasteiger partial charge in [-0.1, -0.05) is 61.9 Å². The van der Waals surface area contributed by atoms with Crippen LogP contribution in [0, 0.1) is 6.92 Å². The number of nitrogens with one attached hydrogen (secondary N) is 2. The first-order valence-corrected chi connectivity index (χ1v) is 11.6. The van der Waals surface area contributed by atoms with Crippen molar-refractivity contribution in [2.24, 2.45) is 0 Å². The largest absolute Gasteiger partial charge is 0.478 e. The molecule has 35 heavy (non-hydrogen) atoms. The van der Waals surface area contributed by atoms with E-state index in [2.05, 4.69) is 22.8 Å². The van der Waals surface area contributed by atoms with Crippen LogP contribution in [0.4, 0.5) is 10.5 Å². The van der Waals surface area contributed by atoms with Crippen LogP contribution in [0.1, 0.15) is 52.7 Å². The summed E-state index contributed by atoms with van der Waals surface area (Å²) in [7, 11) is 0. The van der Waals surface area contributed by atoms with Gasteiger partial charge in [0.05, 0.1) is 5.56 Å². The second-order valence-electron chi connectivity index (χ2n) is 8.64. The highest BCUT2D eigenvalue weighted by molar-refractivity contribution is 5.98. The van der Waals surface area contributed by atoms with Crippen molar-refractivity contribution in [3.05, 3.63) is 89.0 Å². The predicted molar refractivity (Wildman–Crippen MR) is 134 cm³/mol. The van der Waals surface area contributed by atoms with E-state index >= 15 is 0 Å². The minimum absolute atomic E-state index is 0.0676. The molecule has 1 unspecified atom stereocenters. The lowest BCUT2D eigenvalue weighted by atomic mass is 9.98. The molecule has 0 bridgehead atoms. The van der Waals surface area contributed by atoms with Crippen LogP contribution in [-0.2, 0) is 9.53 Å². The average Bonchev–Trinajstić information content (AvgIpc) is 3.17. The summed E-state index contributed by atoms with van der Waals surface area (Å²) in [6.07, 6.45) is 0.458. The summed E-state index contributed by atoms with van der Waals surface area (Å²) >= 11 is 0.